The van der Waals surface area contributed by atoms with E-state index in [9.17, 15) is 9.59 Å². The molecule has 0 aromatic heterocycles. The van der Waals surface area contributed by atoms with Crippen LogP contribution >= 0.6 is 0 Å². The first-order valence-electron chi connectivity index (χ1n) is 6.33. The highest BCUT2D eigenvalue weighted by Gasteiger charge is 2.09. The maximum Gasteiger partial charge on any atom is 0.250 e. The molecular formula is C14H20N2O2. The van der Waals surface area contributed by atoms with Crippen molar-refractivity contribution in [2.24, 2.45) is 5.73 Å². The van der Waals surface area contributed by atoms with Gasteiger partial charge >= 0.3 is 0 Å². The molecule has 1 rings (SSSR count). The fraction of sp³-hybridized carbons (Fsp3) is 0.429. The summed E-state index contributed by atoms with van der Waals surface area (Å²) in [6.45, 7) is 2.13. The minimum absolute atomic E-state index is 0.0696. The molecule has 1 aromatic rings. The second kappa shape index (κ2) is 7.48. The first kappa shape index (κ1) is 14.2. The number of anilines is 1. The summed E-state index contributed by atoms with van der Waals surface area (Å²) in [5, 5.41) is 2.73. The quantitative estimate of drug-likeness (QED) is 0.728. The Morgan fingerprint density at radius 1 is 1.17 bits per heavy atom. The van der Waals surface area contributed by atoms with E-state index in [0.29, 0.717) is 17.7 Å². The Balaban J connectivity index is 2.51. The molecule has 18 heavy (non-hydrogen) atoms. The second-order valence-electron chi connectivity index (χ2n) is 4.27. The van der Waals surface area contributed by atoms with Crippen LogP contribution in [0.3, 0.4) is 0 Å². The molecule has 0 saturated carbocycles. The zero-order valence-corrected chi connectivity index (χ0v) is 10.7. The van der Waals surface area contributed by atoms with Gasteiger partial charge in [0.2, 0.25) is 5.91 Å². The zero-order chi connectivity index (χ0) is 13.4. The highest BCUT2D eigenvalue weighted by Crippen LogP contribution is 2.15. The summed E-state index contributed by atoms with van der Waals surface area (Å²) in [4.78, 5) is 22.9. The molecule has 0 fully saturated rings. The molecule has 2 amide bonds. The van der Waals surface area contributed by atoms with Gasteiger partial charge in [0, 0.05) is 6.42 Å². The Hall–Kier alpha value is -1.84. The van der Waals surface area contributed by atoms with Crippen molar-refractivity contribution in [3.05, 3.63) is 29.8 Å². The predicted molar refractivity (Wildman–Crippen MR) is 72.3 cm³/mol. The van der Waals surface area contributed by atoms with E-state index >= 15 is 0 Å². The third-order valence-electron chi connectivity index (χ3n) is 2.72. The van der Waals surface area contributed by atoms with Crippen molar-refractivity contribution < 1.29 is 9.59 Å². The second-order valence-corrected chi connectivity index (χ2v) is 4.27. The standard InChI is InChI=1S/C14H20N2O2/c1-2-3-4-5-10-13(17)16-12-9-7-6-8-11(12)14(15)18/h6-9H,2-5,10H2,1H3,(H2,15,18)(H,16,17). The van der Waals surface area contributed by atoms with E-state index in [-0.39, 0.29) is 5.91 Å². The first-order valence-corrected chi connectivity index (χ1v) is 6.33. The van der Waals surface area contributed by atoms with Gasteiger partial charge in [0.1, 0.15) is 0 Å². The zero-order valence-electron chi connectivity index (χ0n) is 10.7. The van der Waals surface area contributed by atoms with E-state index < -0.39 is 5.91 Å². The van der Waals surface area contributed by atoms with Crippen molar-refractivity contribution in [3.63, 3.8) is 0 Å². The lowest BCUT2D eigenvalue weighted by molar-refractivity contribution is -0.116. The van der Waals surface area contributed by atoms with Crippen LogP contribution in [0.5, 0.6) is 0 Å². The molecule has 0 aliphatic rings. The van der Waals surface area contributed by atoms with Gasteiger partial charge < -0.3 is 11.1 Å². The van der Waals surface area contributed by atoms with Gasteiger partial charge in [0.25, 0.3) is 5.91 Å². The Morgan fingerprint density at radius 2 is 1.89 bits per heavy atom. The molecule has 0 unspecified atom stereocenters. The highest BCUT2D eigenvalue weighted by molar-refractivity contribution is 6.02. The molecule has 0 aliphatic carbocycles. The number of primary amides is 1. The number of para-hydroxylation sites is 1. The van der Waals surface area contributed by atoms with Gasteiger partial charge in [-0.1, -0.05) is 38.3 Å². The van der Waals surface area contributed by atoms with Crippen LogP contribution in [-0.4, -0.2) is 11.8 Å². The summed E-state index contributed by atoms with van der Waals surface area (Å²) in [5.41, 5.74) is 6.08. The van der Waals surface area contributed by atoms with Gasteiger partial charge in [-0.2, -0.15) is 0 Å². The summed E-state index contributed by atoms with van der Waals surface area (Å²) in [7, 11) is 0. The van der Waals surface area contributed by atoms with Crippen molar-refractivity contribution in [3.8, 4) is 0 Å². The Kier molecular flexibility index (Phi) is 5.91. The molecular weight excluding hydrogens is 228 g/mol. The first-order chi connectivity index (χ1) is 8.65. The van der Waals surface area contributed by atoms with E-state index in [1.54, 1.807) is 24.3 Å². The molecule has 4 nitrogen and oxygen atoms in total. The summed E-state index contributed by atoms with van der Waals surface area (Å²) in [6.07, 6.45) is 4.70. The number of hydrogen-bond acceptors (Lipinski definition) is 2. The molecule has 1 aromatic carbocycles. The van der Waals surface area contributed by atoms with Gasteiger partial charge in [0.05, 0.1) is 11.3 Å². The maximum atomic E-state index is 11.7. The lowest BCUT2D eigenvalue weighted by Gasteiger charge is -2.08. The Bertz CT molecular complexity index is 416. The molecule has 0 saturated heterocycles. The number of amides is 2. The largest absolute Gasteiger partial charge is 0.366 e. The van der Waals surface area contributed by atoms with Gasteiger partial charge in [-0.25, -0.2) is 0 Å². The van der Waals surface area contributed by atoms with E-state index in [4.69, 9.17) is 5.73 Å². The van der Waals surface area contributed by atoms with Crippen LogP contribution in [0.2, 0.25) is 0 Å². The number of rotatable bonds is 7. The third kappa shape index (κ3) is 4.57. The average molecular weight is 248 g/mol. The van der Waals surface area contributed by atoms with Crippen molar-refractivity contribution >= 4 is 17.5 Å². The summed E-state index contributed by atoms with van der Waals surface area (Å²) < 4.78 is 0. The molecule has 0 atom stereocenters. The fourth-order valence-electron chi connectivity index (χ4n) is 1.73. The van der Waals surface area contributed by atoms with Gasteiger partial charge in [-0.3, -0.25) is 9.59 Å². The van der Waals surface area contributed by atoms with Crippen LogP contribution in [0.4, 0.5) is 5.69 Å². The fourth-order valence-corrected chi connectivity index (χ4v) is 1.73. The van der Waals surface area contributed by atoms with Crippen LogP contribution in [0.15, 0.2) is 24.3 Å². The van der Waals surface area contributed by atoms with E-state index in [0.717, 1.165) is 25.7 Å². The maximum absolute atomic E-state index is 11.7. The lowest BCUT2D eigenvalue weighted by atomic mass is 10.1. The van der Waals surface area contributed by atoms with Crippen LogP contribution in [0.25, 0.3) is 0 Å². The summed E-state index contributed by atoms with van der Waals surface area (Å²) in [6, 6.07) is 6.77. The molecule has 0 radical (unpaired) electrons. The monoisotopic (exact) mass is 248 g/mol. The van der Waals surface area contributed by atoms with E-state index in [1.165, 1.54) is 0 Å². The smallest absolute Gasteiger partial charge is 0.250 e. The normalized spacial score (nSPS) is 10.1. The number of carbonyl (C=O) groups is 2. The highest BCUT2D eigenvalue weighted by atomic mass is 16.2. The average Bonchev–Trinajstić information content (AvgIpc) is 2.35. The van der Waals surface area contributed by atoms with Gasteiger partial charge in [-0.15, -0.1) is 0 Å². The van der Waals surface area contributed by atoms with Crippen LogP contribution in [-0.2, 0) is 4.79 Å². The van der Waals surface area contributed by atoms with Crippen molar-refractivity contribution in [1.29, 1.82) is 0 Å². The van der Waals surface area contributed by atoms with Crippen LogP contribution < -0.4 is 11.1 Å². The molecule has 0 aliphatic heterocycles. The van der Waals surface area contributed by atoms with Gasteiger partial charge in [-0.05, 0) is 18.6 Å². The van der Waals surface area contributed by atoms with Crippen LogP contribution in [0, 0.1) is 0 Å². The molecule has 4 heteroatoms. The number of nitrogens with one attached hydrogen (secondary N) is 1. The van der Waals surface area contributed by atoms with E-state index in [1.807, 2.05) is 0 Å². The number of carbonyl (C=O) groups excluding carboxylic acids is 2. The number of nitrogens with two attached hydrogens (primary N) is 1. The topological polar surface area (TPSA) is 72.2 Å². The minimum atomic E-state index is -0.531. The molecule has 0 heterocycles. The van der Waals surface area contributed by atoms with E-state index in [2.05, 4.69) is 12.2 Å². The predicted octanol–water partition coefficient (Wildman–Crippen LogP) is 2.69. The summed E-state index contributed by atoms with van der Waals surface area (Å²) in [5.74, 6) is -0.600. The number of hydrogen-bond donors (Lipinski definition) is 2. The molecule has 0 spiro atoms. The van der Waals surface area contributed by atoms with Crippen molar-refractivity contribution in [2.75, 3.05) is 5.32 Å². The molecule has 98 valence electrons. The SMILES string of the molecule is CCCCCCC(=O)Nc1ccccc1C(N)=O. The lowest BCUT2D eigenvalue weighted by Crippen LogP contribution is -2.17. The minimum Gasteiger partial charge on any atom is -0.366 e. The summed E-state index contributed by atoms with van der Waals surface area (Å²) >= 11 is 0. The van der Waals surface area contributed by atoms with Gasteiger partial charge in [0.15, 0.2) is 0 Å². The molecule has 3 N–H and O–H groups in total. The Labute approximate surface area is 108 Å². The van der Waals surface area contributed by atoms with Crippen LogP contribution in [0.1, 0.15) is 49.4 Å². The van der Waals surface area contributed by atoms with Crippen molar-refractivity contribution in [2.45, 2.75) is 39.0 Å². The Morgan fingerprint density at radius 3 is 2.56 bits per heavy atom. The number of unbranched alkanes of at least 4 members (excludes halogenated alkanes) is 3. The third-order valence-corrected chi connectivity index (χ3v) is 2.72. The number of benzene rings is 1. The molecule has 0 bridgehead atoms. The van der Waals surface area contributed by atoms with Crippen molar-refractivity contribution in [1.82, 2.24) is 0 Å².